The van der Waals surface area contributed by atoms with Crippen LogP contribution in [-0.4, -0.2) is 24.5 Å². The summed E-state index contributed by atoms with van der Waals surface area (Å²) in [5, 5.41) is 3.30. The molecule has 1 rings (SSSR count). The van der Waals surface area contributed by atoms with Crippen molar-refractivity contribution in [3.05, 3.63) is 40.9 Å². The summed E-state index contributed by atoms with van der Waals surface area (Å²) in [6.07, 6.45) is 3.68. The molecule has 0 aliphatic heterocycles. The summed E-state index contributed by atoms with van der Waals surface area (Å²) in [5.74, 6) is -0.867. The van der Waals surface area contributed by atoms with Gasteiger partial charge in [-0.25, -0.2) is 4.79 Å². The van der Waals surface area contributed by atoms with E-state index in [0.29, 0.717) is 5.02 Å². The third-order valence-electron chi connectivity index (χ3n) is 2.63. The molecule has 1 N–H and O–H groups in total. The predicted molar refractivity (Wildman–Crippen MR) is 79.3 cm³/mol. The summed E-state index contributed by atoms with van der Waals surface area (Å²) < 4.78 is 4.83. The number of esters is 1. The van der Waals surface area contributed by atoms with Crippen molar-refractivity contribution in [1.29, 1.82) is 0 Å². The van der Waals surface area contributed by atoms with Crippen LogP contribution in [0.4, 0.5) is 0 Å². The van der Waals surface area contributed by atoms with Crippen molar-refractivity contribution in [3.63, 3.8) is 0 Å². The first-order chi connectivity index (χ1) is 9.51. The second kappa shape index (κ2) is 8.38. The Morgan fingerprint density at radius 1 is 1.45 bits per heavy atom. The van der Waals surface area contributed by atoms with Gasteiger partial charge in [0.05, 0.1) is 0 Å². The highest BCUT2D eigenvalue weighted by molar-refractivity contribution is 6.30. The lowest BCUT2D eigenvalue weighted by Gasteiger charge is -2.10. The fraction of sp³-hybridized carbons (Fsp3) is 0.333. The van der Waals surface area contributed by atoms with E-state index in [0.717, 1.165) is 12.0 Å². The molecule has 1 aromatic carbocycles. The van der Waals surface area contributed by atoms with E-state index in [1.807, 2.05) is 19.9 Å². The smallest absolute Gasteiger partial charge is 0.331 e. The molecule has 5 heteroatoms. The number of carbonyl (C=O) groups is 2. The van der Waals surface area contributed by atoms with Crippen LogP contribution in [0.1, 0.15) is 25.8 Å². The molecule has 1 atom stereocenters. The van der Waals surface area contributed by atoms with Gasteiger partial charge in [-0.15, -0.1) is 0 Å². The van der Waals surface area contributed by atoms with Crippen molar-refractivity contribution in [1.82, 2.24) is 5.32 Å². The standard InChI is InChI=1S/C15H18ClNO3/c1-3-11(2)17-14(18)10-20-15(19)8-7-12-5-4-6-13(16)9-12/h4-9,11H,3,10H2,1-2H3,(H,17,18)/b8-7+. The van der Waals surface area contributed by atoms with Gasteiger partial charge in [-0.1, -0.05) is 30.7 Å². The molecule has 0 aliphatic carbocycles. The minimum atomic E-state index is -0.565. The monoisotopic (exact) mass is 295 g/mol. The Morgan fingerprint density at radius 2 is 2.20 bits per heavy atom. The normalized spacial score (nSPS) is 12.2. The summed E-state index contributed by atoms with van der Waals surface area (Å²) in [7, 11) is 0. The maximum Gasteiger partial charge on any atom is 0.331 e. The molecule has 4 nitrogen and oxygen atoms in total. The highest BCUT2D eigenvalue weighted by atomic mass is 35.5. The van der Waals surface area contributed by atoms with Gasteiger partial charge in [-0.3, -0.25) is 4.79 Å². The van der Waals surface area contributed by atoms with Gasteiger partial charge in [-0.05, 0) is 37.1 Å². The fourth-order valence-corrected chi connectivity index (χ4v) is 1.58. The topological polar surface area (TPSA) is 55.4 Å². The van der Waals surface area contributed by atoms with Crippen LogP contribution in [0.15, 0.2) is 30.3 Å². The van der Waals surface area contributed by atoms with E-state index in [1.54, 1.807) is 24.3 Å². The van der Waals surface area contributed by atoms with Gasteiger partial charge in [0.25, 0.3) is 5.91 Å². The summed E-state index contributed by atoms with van der Waals surface area (Å²) in [6, 6.07) is 7.14. The molecule has 0 spiro atoms. The van der Waals surface area contributed by atoms with Crippen molar-refractivity contribution in [2.45, 2.75) is 26.3 Å². The molecule has 0 radical (unpaired) electrons. The van der Waals surface area contributed by atoms with E-state index < -0.39 is 5.97 Å². The minimum Gasteiger partial charge on any atom is -0.452 e. The highest BCUT2D eigenvalue weighted by Crippen LogP contribution is 2.11. The average Bonchev–Trinajstić information content (AvgIpc) is 2.42. The molecule has 0 bridgehead atoms. The maximum atomic E-state index is 11.4. The fourth-order valence-electron chi connectivity index (χ4n) is 1.38. The van der Waals surface area contributed by atoms with E-state index in [-0.39, 0.29) is 18.6 Å². The zero-order valence-electron chi connectivity index (χ0n) is 11.6. The lowest BCUT2D eigenvalue weighted by atomic mass is 10.2. The van der Waals surface area contributed by atoms with E-state index in [1.165, 1.54) is 6.08 Å². The number of nitrogens with one attached hydrogen (secondary N) is 1. The summed E-state index contributed by atoms with van der Waals surface area (Å²) in [5.41, 5.74) is 0.790. The molecule has 0 saturated carbocycles. The van der Waals surface area contributed by atoms with E-state index in [4.69, 9.17) is 16.3 Å². The number of amides is 1. The number of benzene rings is 1. The zero-order valence-corrected chi connectivity index (χ0v) is 12.3. The number of halogens is 1. The summed E-state index contributed by atoms with van der Waals surface area (Å²) in [4.78, 5) is 22.8. The molecule has 108 valence electrons. The lowest BCUT2D eigenvalue weighted by Crippen LogP contribution is -2.35. The SMILES string of the molecule is CCC(C)NC(=O)COC(=O)/C=C/c1cccc(Cl)c1. The largest absolute Gasteiger partial charge is 0.452 e. The quantitative estimate of drug-likeness (QED) is 0.648. The zero-order chi connectivity index (χ0) is 15.0. The Hall–Kier alpha value is -1.81. The van der Waals surface area contributed by atoms with E-state index in [9.17, 15) is 9.59 Å². The average molecular weight is 296 g/mol. The molecular formula is C15H18ClNO3. The van der Waals surface area contributed by atoms with Gasteiger partial charge in [-0.2, -0.15) is 0 Å². The lowest BCUT2D eigenvalue weighted by molar-refractivity contribution is -0.144. The molecule has 0 fully saturated rings. The van der Waals surface area contributed by atoms with E-state index in [2.05, 4.69) is 5.32 Å². The van der Waals surface area contributed by atoms with Gasteiger partial charge in [0.1, 0.15) is 0 Å². The van der Waals surface area contributed by atoms with Crippen LogP contribution in [-0.2, 0) is 14.3 Å². The van der Waals surface area contributed by atoms with Crippen LogP contribution in [0.2, 0.25) is 5.02 Å². The van der Waals surface area contributed by atoms with Crippen molar-refractivity contribution in [2.24, 2.45) is 0 Å². The van der Waals surface area contributed by atoms with Crippen LogP contribution < -0.4 is 5.32 Å². The Bertz CT molecular complexity index is 500. The Morgan fingerprint density at radius 3 is 2.85 bits per heavy atom. The number of rotatable bonds is 6. The highest BCUT2D eigenvalue weighted by Gasteiger charge is 2.07. The predicted octanol–water partition coefficient (Wildman–Crippen LogP) is 2.81. The first kappa shape index (κ1) is 16.2. The second-order valence-electron chi connectivity index (χ2n) is 4.37. The molecule has 0 aliphatic rings. The Labute approximate surface area is 123 Å². The van der Waals surface area contributed by atoms with Crippen LogP contribution in [0.5, 0.6) is 0 Å². The Kier molecular flexibility index (Phi) is 6.81. The molecular weight excluding hydrogens is 278 g/mol. The van der Waals surface area contributed by atoms with Gasteiger partial charge in [0.15, 0.2) is 6.61 Å². The van der Waals surface area contributed by atoms with Gasteiger partial charge < -0.3 is 10.1 Å². The molecule has 0 heterocycles. The van der Waals surface area contributed by atoms with Crippen LogP contribution in [0.3, 0.4) is 0 Å². The van der Waals surface area contributed by atoms with Crippen LogP contribution in [0, 0.1) is 0 Å². The molecule has 1 aromatic rings. The van der Waals surface area contributed by atoms with Crippen LogP contribution >= 0.6 is 11.6 Å². The molecule has 1 amide bonds. The second-order valence-corrected chi connectivity index (χ2v) is 4.81. The van der Waals surface area contributed by atoms with Gasteiger partial charge in [0.2, 0.25) is 0 Å². The van der Waals surface area contributed by atoms with Crippen molar-refractivity contribution in [2.75, 3.05) is 6.61 Å². The van der Waals surface area contributed by atoms with E-state index >= 15 is 0 Å². The molecule has 1 unspecified atom stereocenters. The van der Waals surface area contributed by atoms with Crippen molar-refractivity contribution in [3.8, 4) is 0 Å². The number of carbonyl (C=O) groups excluding carboxylic acids is 2. The molecule has 0 saturated heterocycles. The first-order valence-electron chi connectivity index (χ1n) is 6.41. The third-order valence-corrected chi connectivity index (χ3v) is 2.86. The van der Waals surface area contributed by atoms with Crippen LogP contribution in [0.25, 0.3) is 6.08 Å². The molecule has 0 aromatic heterocycles. The number of ether oxygens (including phenoxy) is 1. The molecule has 20 heavy (non-hydrogen) atoms. The third kappa shape index (κ3) is 6.38. The first-order valence-corrected chi connectivity index (χ1v) is 6.78. The number of hydrogen-bond donors (Lipinski definition) is 1. The minimum absolute atomic E-state index is 0.0724. The Balaban J connectivity index is 2.38. The number of hydrogen-bond acceptors (Lipinski definition) is 3. The van der Waals surface area contributed by atoms with Crippen molar-refractivity contribution >= 4 is 29.6 Å². The van der Waals surface area contributed by atoms with Gasteiger partial charge in [0, 0.05) is 17.1 Å². The summed E-state index contributed by atoms with van der Waals surface area (Å²) >= 11 is 5.82. The van der Waals surface area contributed by atoms with Gasteiger partial charge >= 0.3 is 5.97 Å². The van der Waals surface area contributed by atoms with Crippen molar-refractivity contribution < 1.29 is 14.3 Å². The summed E-state index contributed by atoms with van der Waals surface area (Å²) in [6.45, 7) is 3.58. The maximum absolute atomic E-state index is 11.4.